The Kier molecular flexibility index (Phi) is 14.4. The number of rotatable bonds is 17. The molecule has 0 spiro atoms. The molecule has 35 heavy (non-hydrogen) atoms. The summed E-state index contributed by atoms with van der Waals surface area (Å²) >= 11 is 2.99. The minimum Gasteiger partial charge on any atom is -0.480 e. The second-order valence-corrected chi connectivity index (χ2v) is 10.6. The van der Waals surface area contributed by atoms with Gasteiger partial charge in [-0.3, -0.25) is 14.4 Å². The number of hydrogen-bond donors (Lipinski definition) is 6. The van der Waals surface area contributed by atoms with E-state index in [4.69, 9.17) is 5.73 Å². The second-order valence-electron chi connectivity index (χ2n) is 8.60. The van der Waals surface area contributed by atoms with Crippen LogP contribution < -0.4 is 21.7 Å². The highest BCUT2D eigenvalue weighted by atomic mass is 32.2. The van der Waals surface area contributed by atoms with Crippen molar-refractivity contribution in [2.75, 3.05) is 24.0 Å². The number of imidazole rings is 1. The van der Waals surface area contributed by atoms with Crippen molar-refractivity contribution in [3.63, 3.8) is 0 Å². The number of nitrogens with two attached hydrogens (primary N) is 1. The molecular weight excluding hydrogens is 492 g/mol. The van der Waals surface area contributed by atoms with E-state index in [1.165, 1.54) is 36.0 Å². The summed E-state index contributed by atoms with van der Waals surface area (Å²) in [5.41, 5.74) is 6.56. The number of thioether (sulfide) groups is 2. The lowest BCUT2D eigenvalue weighted by Crippen LogP contribution is -2.57. The van der Waals surface area contributed by atoms with Gasteiger partial charge in [-0.15, -0.1) is 0 Å². The van der Waals surface area contributed by atoms with Crippen molar-refractivity contribution < 1.29 is 24.3 Å². The zero-order valence-corrected chi connectivity index (χ0v) is 22.3. The fraction of sp³-hybridized carbons (Fsp3) is 0.682. The molecule has 0 radical (unpaired) electrons. The van der Waals surface area contributed by atoms with E-state index < -0.39 is 47.9 Å². The van der Waals surface area contributed by atoms with Crippen molar-refractivity contribution in [1.29, 1.82) is 0 Å². The molecule has 0 saturated heterocycles. The summed E-state index contributed by atoms with van der Waals surface area (Å²) in [6, 6.07) is -3.80. The average molecular weight is 531 g/mol. The first-order valence-corrected chi connectivity index (χ1v) is 14.2. The van der Waals surface area contributed by atoms with Gasteiger partial charge in [0.1, 0.15) is 18.1 Å². The topological polar surface area (TPSA) is 179 Å². The maximum absolute atomic E-state index is 13.2. The van der Waals surface area contributed by atoms with E-state index in [-0.39, 0.29) is 18.8 Å². The average Bonchev–Trinajstić information content (AvgIpc) is 3.30. The summed E-state index contributed by atoms with van der Waals surface area (Å²) < 4.78 is 0. The van der Waals surface area contributed by atoms with Gasteiger partial charge in [0.05, 0.1) is 12.4 Å². The first kappa shape index (κ1) is 30.8. The van der Waals surface area contributed by atoms with Crippen molar-refractivity contribution >= 4 is 47.2 Å². The van der Waals surface area contributed by atoms with Crippen LogP contribution in [-0.2, 0) is 25.6 Å². The Morgan fingerprint density at radius 2 is 1.51 bits per heavy atom. The molecular formula is C22H38N6O5S2. The predicted octanol–water partition coefficient (Wildman–Crippen LogP) is 0.371. The van der Waals surface area contributed by atoms with Gasteiger partial charge in [0.25, 0.3) is 0 Å². The molecule has 4 unspecified atom stereocenters. The fourth-order valence-electron chi connectivity index (χ4n) is 3.26. The molecule has 3 amide bonds. The van der Waals surface area contributed by atoms with Crippen LogP contribution >= 0.6 is 23.5 Å². The molecule has 0 bridgehead atoms. The number of carboxylic acids is 1. The molecule has 13 heteroatoms. The highest BCUT2D eigenvalue weighted by Gasteiger charge is 2.30. The van der Waals surface area contributed by atoms with Gasteiger partial charge < -0.3 is 31.8 Å². The van der Waals surface area contributed by atoms with Crippen LogP contribution in [-0.4, -0.2) is 86.9 Å². The minimum atomic E-state index is -1.15. The number of aromatic amines is 1. The fourth-order valence-corrected chi connectivity index (χ4v) is 4.20. The number of carboxylic acid groups (broad SMARTS) is 1. The first-order valence-electron chi connectivity index (χ1n) is 11.4. The number of nitrogens with one attached hydrogen (secondary N) is 4. The van der Waals surface area contributed by atoms with Crippen molar-refractivity contribution in [3.8, 4) is 0 Å². The maximum atomic E-state index is 13.2. The molecule has 0 aromatic carbocycles. The summed E-state index contributed by atoms with van der Waals surface area (Å²) in [5.74, 6) is -1.39. The third kappa shape index (κ3) is 11.8. The molecule has 1 aromatic heterocycles. The van der Waals surface area contributed by atoms with Crippen LogP contribution in [0.4, 0.5) is 0 Å². The smallest absolute Gasteiger partial charge is 0.326 e. The van der Waals surface area contributed by atoms with Crippen LogP contribution in [0.1, 0.15) is 38.8 Å². The Morgan fingerprint density at radius 3 is 2.03 bits per heavy atom. The number of carbonyl (C=O) groups is 4. The lowest BCUT2D eigenvalue weighted by atomic mass is 10.0. The molecule has 7 N–H and O–H groups in total. The van der Waals surface area contributed by atoms with Gasteiger partial charge in [-0.25, -0.2) is 9.78 Å². The van der Waals surface area contributed by atoms with E-state index in [1.54, 1.807) is 0 Å². The molecule has 0 fully saturated rings. The lowest BCUT2D eigenvalue weighted by Gasteiger charge is -2.25. The van der Waals surface area contributed by atoms with Crippen molar-refractivity contribution in [1.82, 2.24) is 25.9 Å². The van der Waals surface area contributed by atoms with Crippen molar-refractivity contribution in [3.05, 3.63) is 18.2 Å². The minimum absolute atomic E-state index is 0.0719. The number of hydrogen-bond acceptors (Lipinski definition) is 8. The third-order valence-electron chi connectivity index (χ3n) is 5.14. The highest BCUT2D eigenvalue weighted by Crippen LogP contribution is 2.08. The number of nitrogens with zero attached hydrogens (tertiary/aromatic N) is 1. The molecule has 0 aliphatic rings. The van der Waals surface area contributed by atoms with E-state index in [2.05, 4.69) is 25.9 Å². The molecule has 4 atom stereocenters. The monoisotopic (exact) mass is 530 g/mol. The van der Waals surface area contributed by atoms with Gasteiger partial charge in [-0.1, -0.05) is 13.8 Å². The quantitative estimate of drug-likeness (QED) is 0.166. The molecule has 0 aliphatic carbocycles. The Hall–Kier alpha value is -2.25. The normalized spacial score (nSPS) is 14.6. The van der Waals surface area contributed by atoms with Crippen LogP contribution in [0.2, 0.25) is 0 Å². The number of aromatic nitrogens is 2. The number of H-pyrrole nitrogens is 1. The van der Waals surface area contributed by atoms with E-state index in [9.17, 15) is 24.3 Å². The van der Waals surface area contributed by atoms with Crippen molar-refractivity contribution in [2.24, 2.45) is 11.7 Å². The van der Waals surface area contributed by atoms with E-state index in [0.29, 0.717) is 30.0 Å². The summed E-state index contributed by atoms with van der Waals surface area (Å²) in [6.45, 7) is 3.90. The van der Waals surface area contributed by atoms with Crippen LogP contribution in [0.15, 0.2) is 12.5 Å². The number of carbonyl (C=O) groups excluding carboxylic acids is 3. The van der Waals surface area contributed by atoms with Crippen LogP contribution in [0, 0.1) is 5.92 Å². The highest BCUT2D eigenvalue weighted by molar-refractivity contribution is 7.98. The van der Waals surface area contributed by atoms with E-state index >= 15 is 0 Å². The van der Waals surface area contributed by atoms with Crippen LogP contribution in [0.25, 0.3) is 0 Å². The van der Waals surface area contributed by atoms with Crippen LogP contribution in [0.5, 0.6) is 0 Å². The zero-order valence-electron chi connectivity index (χ0n) is 20.7. The largest absolute Gasteiger partial charge is 0.480 e. The number of amides is 3. The molecule has 0 aliphatic heterocycles. The van der Waals surface area contributed by atoms with Crippen LogP contribution in [0.3, 0.4) is 0 Å². The van der Waals surface area contributed by atoms with Gasteiger partial charge in [0.2, 0.25) is 17.7 Å². The molecule has 1 aromatic rings. The molecule has 0 saturated carbocycles. The first-order chi connectivity index (χ1) is 16.6. The van der Waals surface area contributed by atoms with Crippen molar-refractivity contribution in [2.45, 2.75) is 63.7 Å². The lowest BCUT2D eigenvalue weighted by molar-refractivity contribution is -0.142. The van der Waals surface area contributed by atoms with Gasteiger partial charge in [0, 0.05) is 18.3 Å². The Bertz CT molecular complexity index is 808. The predicted molar refractivity (Wildman–Crippen MR) is 139 cm³/mol. The number of aliphatic carboxylic acids is 1. The summed E-state index contributed by atoms with van der Waals surface area (Å²) in [4.78, 5) is 57.2. The molecule has 198 valence electrons. The van der Waals surface area contributed by atoms with Gasteiger partial charge in [0.15, 0.2) is 0 Å². The summed E-state index contributed by atoms with van der Waals surface area (Å²) in [7, 11) is 0. The van der Waals surface area contributed by atoms with Gasteiger partial charge in [-0.2, -0.15) is 23.5 Å². The summed E-state index contributed by atoms with van der Waals surface area (Å²) in [5, 5.41) is 17.4. The zero-order chi connectivity index (χ0) is 26.4. The summed E-state index contributed by atoms with van der Waals surface area (Å²) in [6.07, 6.45) is 7.83. The van der Waals surface area contributed by atoms with Gasteiger partial charge >= 0.3 is 5.97 Å². The SMILES string of the molecule is CSCCC(NC(=O)C(Cc1cnc[nH]1)NC(=O)C(CCSC)NC(=O)C(N)CC(C)C)C(=O)O. The molecule has 11 nitrogen and oxygen atoms in total. The van der Waals surface area contributed by atoms with Gasteiger partial charge in [-0.05, 0) is 49.2 Å². The van der Waals surface area contributed by atoms with E-state index in [0.717, 1.165) is 0 Å². The maximum Gasteiger partial charge on any atom is 0.326 e. The van der Waals surface area contributed by atoms with E-state index in [1.807, 2.05) is 26.4 Å². The third-order valence-corrected chi connectivity index (χ3v) is 6.43. The molecule has 1 rings (SSSR count). The second kappa shape index (κ2) is 16.4. The standard InChI is InChI=1S/C22H38N6O5S2/c1-13(2)9-15(23)19(29)26-16(5-7-34-3)20(30)28-18(10-14-11-24-12-25-14)21(31)27-17(22(32)33)6-8-35-4/h11-13,15-18H,5-10,23H2,1-4H3,(H,24,25)(H,26,29)(H,27,31)(H,28,30)(H,32,33). The Labute approximate surface area is 214 Å². The Morgan fingerprint density at radius 1 is 0.971 bits per heavy atom. The molecule has 1 heterocycles. The Balaban J connectivity index is 3.01.